The maximum atomic E-state index is 10.9. The minimum Gasteiger partial charge on any atom is -0.507 e. The highest BCUT2D eigenvalue weighted by Crippen LogP contribution is 2.29. The van der Waals surface area contributed by atoms with Crippen molar-refractivity contribution in [1.29, 1.82) is 0 Å². The van der Waals surface area contributed by atoms with Gasteiger partial charge in [0.2, 0.25) is 0 Å². The number of benzene rings is 2. The Kier molecular flexibility index (Phi) is 5.60. The average Bonchev–Trinajstić information content (AvgIpc) is 2.60. The van der Waals surface area contributed by atoms with Crippen LogP contribution < -0.4 is 15.5 Å². The molecule has 0 aliphatic heterocycles. The topological polar surface area (TPSA) is 23.5 Å². The van der Waals surface area contributed by atoms with Gasteiger partial charge in [0.05, 0.1) is 0 Å². The second-order valence-corrected chi connectivity index (χ2v) is 8.10. The molecule has 0 saturated heterocycles. The summed E-state index contributed by atoms with van der Waals surface area (Å²) in [5, 5.41) is 13.2. The summed E-state index contributed by atoms with van der Waals surface area (Å²) in [6.07, 6.45) is 10.6. The Balaban J connectivity index is 1.88. The van der Waals surface area contributed by atoms with Gasteiger partial charge >= 0.3 is 0 Å². The SMILES string of the molecule is Cc1cccc(N(C)C)c1Pc1cccc(CC2C=CC=CC2)c1O. The molecule has 0 bridgehead atoms. The monoisotopic (exact) mass is 351 g/mol. The van der Waals surface area contributed by atoms with E-state index < -0.39 is 0 Å². The van der Waals surface area contributed by atoms with Crippen LogP contribution in [0, 0.1) is 12.8 Å². The van der Waals surface area contributed by atoms with Gasteiger partial charge in [0.1, 0.15) is 5.75 Å². The van der Waals surface area contributed by atoms with E-state index in [0.717, 1.165) is 23.7 Å². The third kappa shape index (κ3) is 4.14. The zero-order valence-electron chi connectivity index (χ0n) is 15.2. The average molecular weight is 351 g/mol. The molecule has 3 heteroatoms. The van der Waals surface area contributed by atoms with Crippen molar-refractivity contribution in [2.75, 3.05) is 19.0 Å². The number of rotatable bonds is 5. The van der Waals surface area contributed by atoms with Crippen molar-refractivity contribution in [3.8, 4) is 5.75 Å². The molecule has 1 N–H and O–H groups in total. The number of aryl methyl sites for hydroxylation is 1. The molecule has 3 rings (SSSR count). The number of phenols is 1. The summed E-state index contributed by atoms with van der Waals surface area (Å²) in [7, 11) is 4.59. The van der Waals surface area contributed by atoms with Crippen LogP contribution in [0.3, 0.4) is 0 Å². The first-order valence-electron chi connectivity index (χ1n) is 8.74. The molecule has 0 fully saturated rings. The molecule has 0 radical (unpaired) electrons. The van der Waals surface area contributed by atoms with E-state index in [2.05, 4.69) is 86.6 Å². The lowest BCUT2D eigenvalue weighted by atomic mass is 9.93. The molecule has 0 saturated carbocycles. The quantitative estimate of drug-likeness (QED) is 0.821. The lowest BCUT2D eigenvalue weighted by molar-refractivity contribution is 0.467. The summed E-state index contributed by atoms with van der Waals surface area (Å²) in [6, 6.07) is 12.6. The van der Waals surface area contributed by atoms with Gasteiger partial charge in [-0.15, -0.1) is 0 Å². The first kappa shape index (κ1) is 17.8. The fraction of sp³-hybridized carbons (Fsp3) is 0.273. The maximum Gasteiger partial charge on any atom is 0.126 e. The van der Waals surface area contributed by atoms with Gasteiger partial charge in [0, 0.05) is 30.4 Å². The maximum absolute atomic E-state index is 10.9. The van der Waals surface area contributed by atoms with Crippen molar-refractivity contribution < 1.29 is 5.11 Å². The number of allylic oxidation sites excluding steroid dienone is 4. The van der Waals surface area contributed by atoms with Gasteiger partial charge in [-0.2, -0.15) is 0 Å². The van der Waals surface area contributed by atoms with Gasteiger partial charge in [-0.3, -0.25) is 0 Å². The Morgan fingerprint density at radius 2 is 1.92 bits per heavy atom. The van der Waals surface area contributed by atoms with Crippen LogP contribution in [-0.2, 0) is 6.42 Å². The Bertz CT molecular complexity index is 808. The highest BCUT2D eigenvalue weighted by Gasteiger charge is 2.15. The predicted octanol–water partition coefficient (Wildman–Crippen LogP) is 4.07. The van der Waals surface area contributed by atoms with Crippen LogP contribution in [0.2, 0.25) is 0 Å². The van der Waals surface area contributed by atoms with Crippen molar-refractivity contribution in [3.63, 3.8) is 0 Å². The standard InChI is InChI=1S/C22H26NOP/c1-16-9-7-13-19(23(2)3)22(16)25-20-14-8-12-18(21(20)24)15-17-10-5-4-6-11-17/h4-10,12-14,17,24-25H,11,15H2,1-3H3. The van der Waals surface area contributed by atoms with Crippen molar-refractivity contribution in [3.05, 3.63) is 71.8 Å². The van der Waals surface area contributed by atoms with Gasteiger partial charge in [-0.05, 0) is 42.9 Å². The summed E-state index contributed by atoms with van der Waals surface area (Å²) < 4.78 is 0. The van der Waals surface area contributed by atoms with Crippen molar-refractivity contribution >= 4 is 24.9 Å². The molecular formula is C22H26NOP. The van der Waals surface area contributed by atoms with E-state index in [1.807, 2.05) is 0 Å². The lowest BCUT2D eigenvalue weighted by Gasteiger charge is -2.20. The molecule has 1 aliphatic carbocycles. The largest absolute Gasteiger partial charge is 0.507 e. The van der Waals surface area contributed by atoms with Crippen LogP contribution >= 0.6 is 8.58 Å². The number of phenolic OH excluding ortho intramolecular Hbond substituents is 1. The highest BCUT2D eigenvalue weighted by atomic mass is 31.1. The zero-order chi connectivity index (χ0) is 17.8. The number of nitrogens with zero attached hydrogens (tertiary/aromatic N) is 1. The third-order valence-electron chi connectivity index (χ3n) is 4.66. The fourth-order valence-corrected chi connectivity index (χ4v) is 4.69. The molecule has 2 aromatic carbocycles. The normalized spacial score (nSPS) is 16.7. The van der Waals surface area contributed by atoms with E-state index in [-0.39, 0.29) is 0 Å². The zero-order valence-corrected chi connectivity index (χ0v) is 16.2. The summed E-state index contributed by atoms with van der Waals surface area (Å²) in [5.74, 6) is 0.946. The molecule has 0 spiro atoms. The van der Waals surface area contributed by atoms with Crippen LogP contribution in [0.15, 0.2) is 60.7 Å². The lowest BCUT2D eigenvalue weighted by Crippen LogP contribution is -2.20. The van der Waals surface area contributed by atoms with E-state index in [4.69, 9.17) is 0 Å². The summed E-state index contributed by atoms with van der Waals surface area (Å²) in [6.45, 7) is 2.15. The van der Waals surface area contributed by atoms with Crippen molar-refractivity contribution in [2.45, 2.75) is 19.8 Å². The van der Waals surface area contributed by atoms with E-state index in [1.165, 1.54) is 16.6 Å². The second-order valence-electron chi connectivity index (χ2n) is 6.81. The smallest absolute Gasteiger partial charge is 0.126 e. The van der Waals surface area contributed by atoms with Crippen LogP contribution in [0.25, 0.3) is 0 Å². The predicted molar refractivity (Wildman–Crippen MR) is 111 cm³/mol. The first-order valence-corrected chi connectivity index (χ1v) is 9.74. The summed E-state index contributed by atoms with van der Waals surface area (Å²) in [4.78, 5) is 2.15. The fourth-order valence-electron chi connectivity index (χ4n) is 3.24. The minimum atomic E-state index is 0.451. The molecule has 1 aliphatic rings. The molecule has 2 aromatic rings. The van der Waals surface area contributed by atoms with Crippen LogP contribution in [0.5, 0.6) is 5.75 Å². The molecule has 130 valence electrons. The molecule has 0 amide bonds. The van der Waals surface area contributed by atoms with Gasteiger partial charge in [-0.25, -0.2) is 0 Å². The third-order valence-corrected chi connectivity index (χ3v) is 6.24. The highest BCUT2D eigenvalue weighted by molar-refractivity contribution is 7.56. The molecule has 25 heavy (non-hydrogen) atoms. The van der Waals surface area contributed by atoms with Gasteiger partial charge < -0.3 is 10.0 Å². The van der Waals surface area contributed by atoms with Crippen molar-refractivity contribution in [2.24, 2.45) is 5.92 Å². The van der Waals surface area contributed by atoms with Crippen LogP contribution in [0.4, 0.5) is 5.69 Å². The van der Waals surface area contributed by atoms with Crippen molar-refractivity contribution in [1.82, 2.24) is 0 Å². The molecule has 0 aromatic heterocycles. The Labute approximate surface area is 152 Å². The van der Waals surface area contributed by atoms with E-state index in [0.29, 0.717) is 20.2 Å². The Hall–Kier alpha value is -2.05. The molecular weight excluding hydrogens is 325 g/mol. The number of aromatic hydroxyl groups is 1. The summed E-state index contributed by atoms with van der Waals surface area (Å²) in [5.41, 5.74) is 3.55. The minimum absolute atomic E-state index is 0.451. The van der Waals surface area contributed by atoms with Crippen LogP contribution in [-0.4, -0.2) is 19.2 Å². The van der Waals surface area contributed by atoms with E-state index in [1.54, 1.807) is 0 Å². The second kappa shape index (κ2) is 7.89. The van der Waals surface area contributed by atoms with E-state index >= 15 is 0 Å². The number of anilines is 1. The first-order chi connectivity index (χ1) is 12.1. The Morgan fingerprint density at radius 3 is 2.64 bits per heavy atom. The molecule has 2 nitrogen and oxygen atoms in total. The van der Waals surface area contributed by atoms with Gasteiger partial charge in [0.15, 0.2) is 0 Å². The number of para-hydroxylation sites is 1. The Morgan fingerprint density at radius 1 is 1.12 bits per heavy atom. The molecule has 0 heterocycles. The summed E-state index contributed by atoms with van der Waals surface area (Å²) >= 11 is 0. The number of hydrogen-bond donors (Lipinski definition) is 1. The van der Waals surface area contributed by atoms with Gasteiger partial charge in [-0.1, -0.05) is 63.2 Å². The molecule has 2 unspecified atom stereocenters. The van der Waals surface area contributed by atoms with Crippen LogP contribution in [0.1, 0.15) is 17.5 Å². The van der Waals surface area contributed by atoms with Gasteiger partial charge in [0.25, 0.3) is 0 Å². The number of hydrogen-bond acceptors (Lipinski definition) is 2. The molecule has 2 atom stereocenters. The van der Waals surface area contributed by atoms with E-state index in [9.17, 15) is 5.11 Å².